The number of nitrogens with one attached hydrogen (secondary N) is 2. The third kappa shape index (κ3) is 6.05. The molecule has 3 N–H and O–H groups in total. The van der Waals surface area contributed by atoms with E-state index in [2.05, 4.69) is 32.4 Å². The second kappa shape index (κ2) is 11.7. The summed E-state index contributed by atoms with van der Waals surface area (Å²) in [5.41, 5.74) is 3.75. The van der Waals surface area contributed by atoms with E-state index in [1.165, 1.54) is 12.5 Å². The van der Waals surface area contributed by atoms with E-state index in [0.29, 0.717) is 17.0 Å². The van der Waals surface area contributed by atoms with Crippen LogP contribution >= 0.6 is 11.8 Å². The Balaban J connectivity index is 1.38. The van der Waals surface area contributed by atoms with Gasteiger partial charge in [-0.3, -0.25) is 14.9 Å². The molecule has 0 aliphatic carbocycles. The van der Waals surface area contributed by atoms with Crippen molar-refractivity contribution in [3.8, 4) is 0 Å². The molecule has 2 aromatic carbocycles. The number of aromatic nitrogens is 4. The summed E-state index contributed by atoms with van der Waals surface area (Å²) >= 11 is 1.54. The van der Waals surface area contributed by atoms with Crippen LogP contribution in [0.2, 0.25) is 0 Å². The van der Waals surface area contributed by atoms with Crippen molar-refractivity contribution in [1.29, 1.82) is 0 Å². The van der Waals surface area contributed by atoms with Gasteiger partial charge in [-0.25, -0.2) is 4.98 Å². The van der Waals surface area contributed by atoms with Crippen LogP contribution in [0.5, 0.6) is 0 Å². The zero-order valence-corrected chi connectivity index (χ0v) is 21.0. The SMILES string of the molecule is CC1C(CSc2ncn[nH]2)OC(c2cccc(NC(=O)c3cccnc3)c2)OC1c1ccc(CO)cc1. The fraction of sp³-hybridized carbons (Fsp3) is 0.259. The number of amides is 1. The molecule has 5 rings (SSSR count). The van der Waals surface area contributed by atoms with Crippen molar-refractivity contribution in [3.05, 3.63) is 102 Å². The molecule has 1 saturated heterocycles. The molecule has 0 radical (unpaired) electrons. The summed E-state index contributed by atoms with van der Waals surface area (Å²) in [7, 11) is 0. The molecule has 1 fully saturated rings. The number of aliphatic hydroxyl groups excluding tert-OH is 1. The van der Waals surface area contributed by atoms with E-state index in [4.69, 9.17) is 9.47 Å². The maximum absolute atomic E-state index is 12.6. The maximum atomic E-state index is 12.6. The molecule has 0 spiro atoms. The molecular formula is C27H27N5O4S. The second-order valence-electron chi connectivity index (χ2n) is 8.74. The molecule has 0 bridgehead atoms. The maximum Gasteiger partial charge on any atom is 0.257 e. The molecule has 1 aliphatic rings. The summed E-state index contributed by atoms with van der Waals surface area (Å²) in [6, 6.07) is 18.7. The molecule has 1 amide bonds. The van der Waals surface area contributed by atoms with Crippen molar-refractivity contribution in [2.45, 2.75) is 37.2 Å². The Bertz CT molecular complexity index is 1300. The summed E-state index contributed by atoms with van der Waals surface area (Å²) in [6.45, 7) is 2.10. The van der Waals surface area contributed by atoms with E-state index in [1.54, 1.807) is 30.1 Å². The molecule has 4 unspecified atom stereocenters. The monoisotopic (exact) mass is 517 g/mol. The Hall–Kier alpha value is -3.57. The molecule has 4 aromatic rings. The fourth-order valence-electron chi connectivity index (χ4n) is 4.20. The minimum Gasteiger partial charge on any atom is -0.392 e. The van der Waals surface area contributed by atoms with Crippen LogP contribution in [0, 0.1) is 5.92 Å². The van der Waals surface area contributed by atoms with Gasteiger partial charge >= 0.3 is 0 Å². The lowest BCUT2D eigenvalue weighted by Gasteiger charge is -2.41. The largest absolute Gasteiger partial charge is 0.392 e. The number of ether oxygens (including phenoxy) is 2. The normalized spacial score (nSPS) is 21.5. The van der Waals surface area contributed by atoms with E-state index in [1.807, 2.05) is 48.5 Å². The van der Waals surface area contributed by atoms with Crippen LogP contribution in [-0.4, -0.2) is 43.0 Å². The van der Waals surface area contributed by atoms with Crippen molar-refractivity contribution in [1.82, 2.24) is 20.2 Å². The molecule has 0 saturated carbocycles. The van der Waals surface area contributed by atoms with Crippen molar-refractivity contribution in [2.75, 3.05) is 11.1 Å². The molecule has 2 aromatic heterocycles. The summed E-state index contributed by atoms with van der Waals surface area (Å²) in [4.78, 5) is 20.9. The van der Waals surface area contributed by atoms with Gasteiger partial charge in [-0.05, 0) is 35.4 Å². The van der Waals surface area contributed by atoms with Crippen LogP contribution in [-0.2, 0) is 16.1 Å². The number of hydrogen-bond acceptors (Lipinski definition) is 8. The van der Waals surface area contributed by atoms with Gasteiger partial charge < -0.3 is 19.9 Å². The third-order valence-corrected chi connectivity index (χ3v) is 7.21. The van der Waals surface area contributed by atoms with Gasteiger partial charge in [-0.15, -0.1) is 0 Å². The van der Waals surface area contributed by atoms with Gasteiger partial charge in [0.25, 0.3) is 5.91 Å². The van der Waals surface area contributed by atoms with Crippen molar-refractivity contribution in [2.24, 2.45) is 5.92 Å². The number of pyridine rings is 1. The number of carbonyl (C=O) groups is 1. The average molecular weight is 518 g/mol. The number of thioether (sulfide) groups is 1. The first-order chi connectivity index (χ1) is 18.1. The molecular weight excluding hydrogens is 490 g/mol. The van der Waals surface area contributed by atoms with Crippen molar-refractivity contribution in [3.63, 3.8) is 0 Å². The predicted molar refractivity (Wildman–Crippen MR) is 139 cm³/mol. The van der Waals surface area contributed by atoms with Crippen LogP contribution in [0.15, 0.2) is 84.5 Å². The Morgan fingerprint density at radius 1 is 1.11 bits per heavy atom. The summed E-state index contributed by atoms with van der Waals surface area (Å²) in [5, 5.41) is 19.9. The van der Waals surface area contributed by atoms with Gasteiger partial charge in [0.2, 0.25) is 0 Å². The van der Waals surface area contributed by atoms with Crippen LogP contribution in [0.1, 0.15) is 46.4 Å². The number of H-pyrrole nitrogens is 1. The predicted octanol–water partition coefficient (Wildman–Crippen LogP) is 4.53. The first kappa shape index (κ1) is 25.1. The lowest BCUT2D eigenvalue weighted by Crippen LogP contribution is -2.38. The topological polar surface area (TPSA) is 122 Å². The van der Waals surface area contributed by atoms with Crippen molar-refractivity contribution >= 4 is 23.4 Å². The number of carbonyl (C=O) groups excluding carboxylic acids is 1. The lowest BCUT2D eigenvalue weighted by molar-refractivity contribution is -0.268. The number of hydrogen-bond donors (Lipinski definition) is 3. The number of rotatable bonds is 8. The summed E-state index contributed by atoms with van der Waals surface area (Å²) in [5.74, 6) is 0.450. The van der Waals surface area contributed by atoms with Crippen LogP contribution in [0.3, 0.4) is 0 Å². The first-order valence-corrected chi connectivity index (χ1v) is 12.9. The van der Waals surface area contributed by atoms with Gasteiger partial charge in [0, 0.05) is 35.3 Å². The Labute approximate surface area is 218 Å². The van der Waals surface area contributed by atoms with Crippen LogP contribution < -0.4 is 5.32 Å². The highest BCUT2D eigenvalue weighted by molar-refractivity contribution is 7.99. The van der Waals surface area contributed by atoms with E-state index in [0.717, 1.165) is 21.8 Å². The van der Waals surface area contributed by atoms with Gasteiger partial charge in [-0.1, -0.05) is 55.1 Å². The molecule has 4 atom stereocenters. The van der Waals surface area contributed by atoms with E-state index in [9.17, 15) is 9.90 Å². The zero-order chi connectivity index (χ0) is 25.6. The second-order valence-corrected chi connectivity index (χ2v) is 9.75. The quantitative estimate of drug-likeness (QED) is 0.292. The standard InChI is InChI=1S/C27H27N5O4S/c1-17-23(15-37-27-29-16-30-32-27)35-26(36-24(17)19-9-7-18(14-33)8-10-19)20-4-2-6-22(12-20)31-25(34)21-5-3-11-28-13-21/h2-13,16-17,23-24,26,33H,14-15H2,1H3,(H,31,34)(H,29,30,32). The van der Waals surface area contributed by atoms with E-state index >= 15 is 0 Å². The lowest BCUT2D eigenvalue weighted by atomic mass is 9.91. The minimum atomic E-state index is -0.644. The minimum absolute atomic E-state index is 0.0128. The van der Waals surface area contributed by atoms with Gasteiger partial charge in [0.15, 0.2) is 11.4 Å². The van der Waals surface area contributed by atoms with E-state index in [-0.39, 0.29) is 30.6 Å². The number of benzene rings is 2. The highest BCUT2D eigenvalue weighted by Crippen LogP contribution is 2.43. The number of anilines is 1. The van der Waals surface area contributed by atoms with Crippen LogP contribution in [0.25, 0.3) is 0 Å². The average Bonchev–Trinajstić information content (AvgIpc) is 3.47. The van der Waals surface area contributed by atoms with Crippen LogP contribution in [0.4, 0.5) is 5.69 Å². The van der Waals surface area contributed by atoms with E-state index < -0.39 is 6.29 Å². The number of aliphatic hydroxyl groups is 1. The first-order valence-electron chi connectivity index (χ1n) is 11.9. The Morgan fingerprint density at radius 3 is 2.70 bits per heavy atom. The smallest absolute Gasteiger partial charge is 0.257 e. The highest BCUT2D eigenvalue weighted by Gasteiger charge is 2.38. The zero-order valence-electron chi connectivity index (χ0n) is 20.2. The van der Waals surface area contributed by atoms with Gasteiger partial charge in [0.05, 0.1) is 24.4 Å². The highest BCUT2D eigenvalue weighted by atomic mass is 32.2. The molecule has 1 aliphatic heterocycles. The third-order valence-electron chi connectivity index (χ3n) is 6.24. The molecule has 37 heavy (non-hydrogen) atoms. The molecule has 10 heteroatoms. The molecule has 190 valence electrons. The Kier molecular flexibility index (Phi) is 7.90. The Morgan fingerprint density at radius 2 is 1.97 bits per heavy atom. The molecule has 9 nitrogen and oxygen atoms in total. The molecule has 3 heterocycles. The van der Waals surface area contributed by atoms with Gasteiger partial charge in [0.1, 0.15) is 6.33 Å². The summed E-state index contributed by atoms with van der Waals surface area (Å²) in [6.07, 6.45) is 3.61. The number of nitrogens with zero attached hydrogens (tertiary/aromatic N) is 3. The fourth-order valence-corrected chi connectivity index (χ4v) is 5.14. The summed E-state index contributed by atoms with van der Waals surface area (Å²) < 4.78 is 13.0. The van der Waals surface area contributed by atoms with Crippen molar-refractivity contribution < 1.29 is 19.4 Å². The number of aromatic amines is 1. The van der Waals surface area contributed by atoms with Gasteiger partial charge in [-0.2, -0.15) is 5.10 Å².